The summed E-state index contributed by atoms with van der Waals surface area (Å²) >= 11 is 3.12. The summed E-state index contributed by atoms with van der Waals surface area (Å²) in [6.45, 7) is 0. The van der Waals surface area contributed by atoms with Crippen molar-refractivity contribution in [2.24, 2.45) is 0 Å². The zero-order chi connectivity index (χ0) is 14.5. The van der Waals surface area contributed by atoms with Gasteiger partial charge < -0.3 is 23.5 Å². The Balaban J connectivity index is 0.00000361. The minimum Gasteiger partial charge on any atom is -1.00 e. The van der Waals surface area contributed by atoms with Crippen LogP contribution in [0.5, 0.6) is 0 Å². The lowest BCUT2D eigenvalue weighted by molar-refractivity contribution is -0.402. The van der Waals surface area contributed by atoms with Gasteiger partial charge >= 0.3 is 5.51 Å². The van der Waals surface area contributed by atoms with Crippen LogP contribution in [0.2, 0.25) is 0 Å². The van der Waals surface area contributed by atoms with Gasteiger partial charge in [0.05, 0.1) is 0 Å². The molecule has 0 radical (unpaired) electrons. The van der Waals surface area contributed by atoms with E-state index in [-0.39, 0.29) is 42.2 Å². The summed E-state index contributed by atoms with van der Waals surface area (Å²) in [5.74, 6) is -0.559. The van der Waals surface area contributed by atoms with Crippen LogP contribution in [0.3, 0.4) is 0 Å². The van der Waals surface area contributed by atoms with Crippen LogP contribution in [-0.4, -0.2) is 23.2 Å². The van der Waals surface area contributed by atoms with Crippen molar-refractivity contribution in [3.63, 3.8) is 0 Å². The standard InChI is InChI=1S/C11H12BrF3N2OS.ClH/c12-7-1-3-8(4-2-7)17-10(18)9(16)5-6-19-11(13,14)15;/h1-4,9H,5-6,16H2,(H,17,18);1H/t9-;/m0./s1. The first-order chi connectivity index (χ1) is 8.78. The topological polar surface area (TPSA) is 56.7 Å². The highest BCUT2D eigenvalue weighted by molar-refractivity contribution is 9.10. The van der Waals surface area contributed by atoms with Crippen LogP contribution in [0.25, 0.3) is 0 Å². The molecular weight excluding hydrogens is 381 g/mol. The van der Waals surface area contributed by atoms with E-state index in [0.29, 0.717) is 5.69 Å². The van der Waals surface area contributed by atoms with E-state index < -0.39 is 11.6 Å². The molecule has 0 fully saturated rings. The number of hydrogen-bond acceptors (Lipinski definition) is 2. The number of hydrogen-bond donors (Lipinski definition) is 2. The van der Waals surface area contributed by atoms with Crippen LogP contribution in [0.15, 0.2) is 28.7 Å². The van der Waals surface area contributed by atoms with E-state index in [9.17, 15) is 18.0 Å². The first-order valence-corrected chi connectivity index (χ1v) is 7.16. The van der Waals surface area contributed by atoms with E-state index >= 15 is 0 Å². The molecule has 3 nitrogen and oxygen atoms in total. The summed E-state index contributed by atoms with van der Waals surface area (Å²) in [4.78, 5) is 11.7. The molecule has 0 spiro atoms. The van der Waals surface area contributed by atoms with Crippen molar-refractivity contribution in [2.45, 2.75) is 18.0 Å². The molecule has 0 bridgehead atoms. The minimum atomic E-state index is -4.26. The number of benzene rings is 1. The van der Waals surface area contributed by atoms with E-state index in [1.54, 1.807) is 24.3 Å². The minimum absolute atomic E-state index is 0. The molecule has 114 valence electrons. The van der Waals surface area contributed by atoms with Crippen molar-refractivity contribution in [3.05, 3.63) is 28.7 Å². The van der Waals surface area contributed by atoms with Crippen LogP contribution >= 0.6 is 27.7 Å². The molecular formula is C11H13BrClF3N2OS. The first-order valence-electron chi connectivity index (χ1n) is 5.38. The van der Waals surface area contributed by atoms with Crippen molar-refractivity contribution >= 4 is 39.3 Å². The third-order valence-corrected chi connectivity index (χ3v) is 3.51. The van der Waals surface area contributed by atoms with E-state index in [1.807, 2.05) is 0 Å². The van der Waals surface area contributed by atoms with Gasteiger partial charge in [-0.1, -0.05) is 27.7 Å². The summed E-state index contributed by atoms with van der Waals surface area (Å²) < 4.78 is 36.7. The average molecular weight is 394 g/mol. The van der Waals surface area contributed by atoms with Crippen molar-refractivity contribution in [1.29, 1.82) is 0 Å². The fourth-order valence-corrected chi connectivity index (χ4v) is 2.12. The van der Waals surface area contributed by atoms with Crippen molar-refractivity contribution in [1.82, 2.24) is 0 Å². The number of amides is 1. The zero-order valence-corrected chi connectivity index (χ0v) is 13.4. The maximum Gasteiger partial charge on any atom is 0.441 e. The highest BCUT2D eigenvalue weighted by Crippen LogP contribution is 2.30. The summed E-state index contributed by atoms with van der Waals surface area (Å²) in [5, 5.41) is 2.60. The van der Waals surface area contributed by atoms with E-state index in [4.69, 9.17) is 0 Å². The SMILES string of the molecule is [Cl-].[NH3+][C@@H](CCSC(F)(F)F)C(=O)Nc1ccc(Br)cc1. The van der Waals surface area contributed by atoms with Crippen LogP contribution in [0.4, 0.5) is 18.9 Å². The fraction of sp³-hybridized carbons (Fsp3) is 0.364. The average Bonchev–Trinajstić information content (AvgIpc) is 2.30. The predicted octanol–water partition coefficient (Wildman–Crippen LogP) is -0.355. The Labute approximate surface area is 133 Å². The maximum absolute atomic E-state index is 11.9. The number of alkyl halides is 3. The molecule has 0 heterocycles. The number of nitrogens with one attached hydrogen (secondary N) is 1. The molecule has 0 saturated carbocycles. The number of anilines is 1. The Morgan fingerprint density at radius 3 is 2.40 bits per heavy atom. The lowest BCUT2D eigenvalue weighted by Crippen LogP contribution is -3.00. The fourth-order valence-electron chi connectivity index (χ4n) is 1.23. The molecule has 0 aliphatic carbocycles. The smallest absolute Gasteiger partial charge is 0.441 e. The molecule has 1 atom stereocenters. The molecule has 0 aromatic heterocycles. The Kier molecular flexibility index (Phi) is 8.57. The third kappa shape index (κ3) is 7.98. The van der Waals surface area contributed by atoms with Crippen molar-refractivity contribution in [2.75, 3.05) is 11.1 Å². The quantitative estimate of drug-likeness (QED) is 0.718. The predicted molar refractivity (Wildman–Crippen MR) is 72.6 cm³/mol. The molecule has 0 unspecified atom stereocenters. The van der Waals surface area contributed by atoms with Gasteiger partial charge in [-0.3, -0.25) is 4.79 Å². The normalized spacial score (nSPS) is 12.4. The van der Waals surface area contributed by atoms with Crippen LogP contribution in [0.1, 0.15) is 6.42 Å². The van der Waals surface area contributed by atoms with Gasteiger partial charge in [-0.25, -0.2) is 0 Å². The molecule has 0 aliphatic rings. The molecule has 0 saturated heterocycles. The number of rotatable bonds is 5. The Morgan fingerprint density at radius 1 is 1.35 bits per heavy atom. The molecule has 4 N–H and O–H groups in total. The van der Waals surface area contributed by atoms with E-state index in [1.165, 1.54) is 0 Å². The lowest BCUT2D eigenvalue weighted by Gasteiger charge is -2.10. The second kappa shape index (κ2) is 8.76. The largest absolute Gasteiger partial charge is 1.00 e. The second-order valence-corrected chi connectivity index (χ2v) is 5.85. The van der Waals surface area contributed by atoms with Gasteiger partial charge in [0.25, 0.3) is 5.91 Å². The van der Waals surface area contributed by atoms with Gasteiger partial charge in [0.15, 0.2) is 6.04 Å². The van der Waals surface area contributed by atoms with Gasteiger partial charge in [0.2, 0.25) is 0 Å². The van der Waals surface area contributed by atoms with Gasteiger partial charge in [-0.2, -0.15) is 13.2 Å². The van der Waals surface area contributed by atoms with Crippen molar-refractivity contribution < 1.29 is 36.1 Å². The number of halogens is 5. The summed E-state index contributed by atoms with van der Waals surface area (Å²) in [7, 11) is 0. The van der Waals surface area contributed by atoms with E-state index in [2.05, 4.69) is 27.0 Å². The highest BCUT2D eigenvalue weighted by Gasteiger charge is 2.29. The number of carbonyl (C=O) groups excluding carboxylic acids is 1. The Morgan fingerprint density at radius 2 is 1.90 bits per heavy atom. The van der Waals surface area contributed by atoms with Crippen LogP contribution < -0.4 is 23.5 Å². The molecule has 9 heteroatoms. The highest BCUT2D eigenvalue weighted by atomic mass is 79.9. The third-order valence-electron chi connectivity index (χ3n) is 2.21. The number of thioether (sulfide) groups is 1. The lowest BCUT2D eigenvalue weighted by atomic mass is 10.2. The summed E-state index contributed by atoms with van der Waals surface area (Å²) in [6, 6.07) is 6.19. The Bertz CT molecular complexity index is 431. The van der Waals surface area contributed by atoms with Gasteiger partial charge in [-0.05, 0) is 24.3 Å². The molecule has 1 rings (SSSR count). The maximum atomic E-state index is 11.9. The van der Waals surface area contributed by atoms with E-state index in [0.717, 1.165) is 4.47 Å². The summed E-state index contributed by atoms with van der Waals surface area (Å²) in [6.07, 6.45) is 0.0759. The first kappa shape index (κ1) is 19.6. The van der Waals surface area contributed by atoms with Gasteiger partial charge in [-0.15, -0.1) is 0 Å². The molecule has 0 aliphatic heterocycles. The van der Waals surface area contributed by atoms with Crippen molar-refractivity contribution in [3.8, 4) is 0 Å². The Hall–Kier alpha value is -0.440. The molecule has 20 heavy (non-hydrogen) atoms. The van der Waals surface area contributed by atoms with Gasteiger partial charge in [0, 0.05) is 22.3 Å². The molecule has 1 amide bonds. The molecule has 1 aromatic carbocycles. The van der Waals surface area contributed by atoms with Gasteiger partial charge in [0.1, 0.15) is 0 Å². The van der Waals surface area contributed by atoms with Crippen LogP contribution in [0, 0.1) is 0 Å². The number of quaternary nitrogens is 1. The second-order valence-electron chi connectivity index (χ2n) is 3.78. The molecule has 1 aromatic rings. The number of carbonyl (C=O) groups is 1. The monoisotopic (exact) mass is 392 g/mol. The van der Waals surface area contributed by atoms with Crippen LogP contribution in [-0.2, 0) is 4.79 Å². The zero-order valence-electron chi connectivity index (χ0n) is 10.2. The summed E-state index contributed by atoms with van der Waals surface area (Å²) in [5.41, 5.74) is -0.104.